The van der Waals surface area contributed by atoms with Gasteiger partial charge >= 0.3 is 0 Å². The molecule has 3 rings (SSSR count). The minimum atomic E-state index is 0.559. The second-order valence-electron chi connectivity index (χ2n) is 5.75. The molecule has 0 amide bonds. The van der Waals surface area contributed by atoms with Crippen molar-refractivity contribution >= 4 is 5.69 Å². The molecule has 0 bridgehead atoms. The van der Waals surface area contributed by atoms with E-state index in [9.17, 15) is 0 Å². The lowest BCUT2D eigenvalue weighted by Crippen LogP contribution is -2.04. The Morgan fingerprint density at radius 3 is 2.52 bits per heavy atom. The first-order valence-electron chi connectivity index (χ1n) is 8.34. The van der Waals surface area contributed by atoms with Crippen LogP contribution in [-0.4, -0.2) is 30.1 Å². The van der Waals surface area contributed by atoms with Gasteiger partial charge in [-0.05, 0) is 29.8 Å². The van der Waals surface area contributed by atoms with Crippen LogP contribution in [0.25, 0.3) is 0 Å². The number of rotatable bonds is 9. The Labute approximate surface area is 148 Å². The fourth-order valence-electron chi connectivity index (χ4n) is 2.47. The summed E-state index contributed by atoms with van der Waals surface area (Å²) in [5.41, 5.74) is 3.44. The zero-order chi connectivity index (χ0) is 17.3. The first-order chi connectivity index (χ1) is 12.3. The van der Waals surface area contributed by atoms with Crippen molar-refractivity contribution in [3.8, 4) is 5.75 Å². The molecule has 0 aliphatic rings. The Bertz CT molecular complexity index is 754. The van der Waals surface area contributed by atoms with Crippen LogP contribution >= 0.6 is 0 Å². The van der Waals surface area contributed by atoms with Crippen LogP contribution in [0, 0.1) is 0 Å². The molecule has 0 spiro atoms. The SMILES string of the molecule is COCCOc1ccc(NCc2cnn(Cc3ccccc3)c2)cc1. The molecule has 0 aliphatic carbocycles. The highest BCUT2D eigenvalue weighted by Gasteiger charge is 2.01. The van der Waals surface area contributed by atoms with Crippen LogP contribution in [0.4, 0.5) is 5.69 Å². The van der Waals surface area contributed by atoms with Gasteiger partial charge in [-0.15, -0.1) is 0 Å². The number of ether oxygens (including phenoxy) is 2. The lowest BCUT2D eigenvalue weighted by Gasteiger charge is -2.08. The van der Waals surface area contributed by atoms with Crippen molar-refractivity contribution in [2.75, 3.05) is 25.6 Å². The largest absolute Gasteiger partial charge is 0.491 e. The van der Waals surface area contributed by atoms with Crippen LogP contribution in [0.3, 0.4) is 0 Å². The van der Waals surface area contributed by atoms with Gasteiger partial charge in [0.2, 0.25) is 0 Å². The highest BCUT2D eigenvalue weighted by atomic mass is 16.5. The van der Waals surface area contributed by atoms with Gasteiger partial charge in [0.05, 0.1) is 19.3 Å². The van der Waals surface area contributed by atoms with Gasteiger partial charge in [0, 0.05) is 31.1 Å². The number of aromatic nitrogens is 2. The summed E-state index contributed by atoms with van der Waals surface area (Å²) in [7, 11) is 1.67. The van der Waals surface area contributed by atoms with Gasteiger partial charge < -0.3 is 14.8 Å². The van der Waals surface area contributed by atoms with Crippen LogP contribution < -0.4 is 10.1 Å². The third-order valence-electron chi connectivity index (χ3n) is 3.78. The Morgan fingerprint density at radius 2 is 1.76 bits per heavy atom. The van der Waals surface area contributed by atoms with Crippen molar-refractivity contribution in [1.29, 1.82) is 0 Å². The average molecular weight is 337 g/mol. The smallest absolute Gasteiger partial charge is 0.119 e. The van der Waals surface area contributed by atoms with Gasteiger partial charge in [-0.3, -0.25) is 4.68 Å². The number of hydrogen-bond donors (Lipinski definition) is 1. The Hall–Kier alpha value is -2.79. The summed E-state index contributed by atoms with van der Waals surface area (Å²) in [5.74, 6) is 0.846. The number of nitrogens with zero attached hydrogens (tertiary/aromatic N) is 2. The topological polar surface area (TPSA) is 48.3 Å². The third kappa shape index (κ3) is 5.36. The fourth-order valence-corrected chi connectivity index (χ4v) is 2.47. The summed E-state index contributed by atoms with van der Waals surface area (Å²) in [6.45, 7) is 2.67. The molecular formula is C20H23N3O2. The summed E-state index contributed by atoms with van der Waals surface area (Å²) in [6.07, 6.45) is 3.97. The van der Waals surface area contributed by atoms with E-state index in [4.69, 9.17) is 9.47 Å². The number of methoxy groups -OCH3 is 1. The zero-order valence-corrected chi connectivity index (χ0v) is 14.4. The molecule has 0 aliphatic heterocycles. The normalized spacial score (nSPS) is 10.6. The maximum Gasteiger partial charge on any atom is 0.119 e. The Kier molecular flexibility index (Phi) is 6.06. The van der Waals surface area contributed by atoms with E-state index < -0.39 is 0 Å². The quantitative estimate of drug-likeness (QED) is 0.607. The Balaban J connectivity index is 1.48. The molecule has 0 saturated heterocycles. The third-order valence-corrected chi connectivity index (χ3v) is 3.78. The highest BCUT2D eigenvalue weighted by molar-refractivity contribution is 5.46. The van der Waals surface area contributed by atoms with E-state index in [1.165, 1.54) is 5.56 Å². The van der Waals surface area contributed by atoms with Crippen molar-refractivity contribution in [2.45, 2.75) is 13.1 Å². The molecule has 5 nitrogen and oxygen atoms in total. The number of hydrogen-bond acceptors (Lipinski definition) is 4. The second-order valence-corrected chi connectivity index (χ2v) is 5.75. The van der Waals surface area contributed by atoms with E-state index in [1.807, 2.05) is 53.3 Å². The molecule has 0 radical (unpaired) electrons. The predicted octanol–water partition coefficient (Wildman–Crippen LogP) is 3.57. The molecule has 130 valence electrons. The average Bonchev–Trinajstić information content (AvgIpc) is 3.09. The van der Waals surface area contributed by atoms with E-state index in [2.05, 4.69) is 28.7 Å². The molecule has 0 atom stereocenters. The van der Waals surface area contributed by atoms with E-state index in [1.54, 1.807) is 7.11 Å². The maximum absolute atomic E-state index is 5.56. The van der Waals surface area contributed by atoms with Crippen molar-refractivity contribution in [3.63, 3.8) is 0 Å². The summed E-state index contributed by atoms with van der Waals surface area (Å²) in [5, 5.41) is 7.82. The first-order valence-corrected chi connectivity index (χ1v) is 8.34. The van der Waals surface area contributed by atoms with Crippen molar-refractivity contribution in [1.82, 2.24) is 9.78 Å². The fraction of sp³-hybridized carbons (Fsp3) is 0.250. The standard InChI is InChI=1S/C20H23N3O2/c1-24-11-12-25-20-9-7-19(8-10-20)21-13-18-14-22-23(16-18)15-17-5-3-2-4-6-17/h2-10,14,16,21H,11-13,15H2,1H3. The monoisotopic (exact) mass is 337 g/mol. The lowest BCUT2D eigenvalue weighted by molar-refractivity contribution is 0.146. The molecule has 2 aromatic carbocycles. The maximum atomic E-state index is 5.56. The van der Waals surface area contributed by atoms with Gasteiger partial charge in [0.15, 0.2) is 0 Å². The predicted molar refractivity (Wildman–Crippen MR) is 98.9 cm³/mol. The molecule has 0 fully saturated rings. The molecular weight excluding hydrogens is 314 g/mol. The van der Waals surface area contributed by atoms with Gasteiger partial charge in [0.1, 0.15) is 12.4 Å². The summed E-state index contributed by atoms with van der Waals surface area (Å²) < 4.78 is 12.5. The molecule has 25 heavy (non-hydrogen) atoms. The summed E-state index contributed by atoms with van der Waals surface area (Å²) in [4.78, 5) is 0. The molecule has 3 aromatic rings. The van der Waals surface area contributed by atoms with Crippen LogP contribution in [0.5, 0.6) is 5.75 Å². The van der Waals surface area contributed by atoms with Gasteiger partial charge in [-0.1, -0.05) is 30.3 Å². The number of benzene rings is 2. The first kappa shape index (κ1) is 17.0. The molecule has 1 N–H and O–H groups in total. The lowest BCUT2D eigenvalue weighted by atomic mass is 10.2. The second kappa shape index (κ2) is 8.89. The van der Waals surface area contributed by atoms with Crippen LogP contribution in [-0.2, 0) is 17.8 Å². The van der Waals surface area contributed by atoms with Crippen LogP contribution in [0.2, 0.25) is 0 Å². The van der Waals surface area contributed by atoms with Gasteiger partial charge in [-0.25, -0.2) is 0 Å². The molecule has 0 saturated carbocycles. The molecule has 5 heteroatoms. The minimum absolute atomic E-state index is 0.559. The van der Waals surface area contributed by atoms with E-state index >= 15 is 0 Å². The molecule has 1 heterocycles. The summed E-state index contributed by atoms with van der Waals surface area (Å²) in [6, 6.07) is 18.3. The van der Waals surface area contributed by atoms with Crippen LogP contribution in [0.15, 0.2) is 67.0 Å². The highest BCUT2D eigenvalue weighted by Crippen LogP contribution is 2.16. The van der Waals surface area contributed by atoms with E-state index in [0.29, 0.717) is 13.2 Å². The number of nitrogens with one attached hydrogen (secondary N) is 1. The minimum Gasteiger partial charge on any atom is -0.491 e. The summed E-state index contributed by atoms with van der Waals surface area (Å²) >= 11 is 0. The van der Waals surface area contributed by atoms with Crippen LogP contribution in [0.1, 0.15) is 11.1 Å². The van der Waals surface area contributed by atoms with Crippen molar-refractivity contribution in [2.24, 2.45) is 0 Å². The van der Waals surface area contributed by atoms with E-state index in [0.717, 1.165) is 30.1 Å². The van der Waals surface area contributed by atoms with E-state index in [-0.39, 0.29) is 0 Å². The molecule has 1 aromatic heterocycles. The van der Waals surface area contributed by atoms with Gasteiger partial charge in [0.25, 0.3) is 0 Å². The van der Waals surface area contributed by atoms with Crippen molar-refractivity contribution in [3.05, 3.63) is 78.1 Å². The van der Waals surface area contributed by atoms with Crippen molar-refractivity contribution < 1.29 is 9.47 Å². The zero-order valence-electron chi connectivity index (χ0n) is 14.4. The number of anilines is 1. The molecule has 0 unspecified atom stereocenters. The Morgan fingerprint density at radius 1 is 0.960 bits per heavy atom. The van der Waals surface area contributed by atoms with Gasteiger partial charge in [-0.2, -0.15) is 5.10 Å².